The van der Waals surface area contributed by atoms with E-state index in [2.05, 4.69) is 4.98 Å². The number of fused-ring (bicyclic) bond motifs is 1. The molecule has 2 heterocycles. The Morgan fingerprint density at radius 2 is 1.90 bits per heavy atom. The third-order valence-corrected chi connectivity index (χ3v) is 3.73. The summed E-state index contributed by atoms with van der Waals surface area (Å²) in [5.74, 6) is 0. The second-order valence-electron chi connectivity index (χ2n) is 4.19. The Morgan fingerprint density at radius 1 is 1.05 bits per heavy atom. The number of nitrogens with zero attached hydrogens (tertiary/aromatic N) is 2. The molecule has 1 aromatic carbocycles. The fourth-order valence-corrected chi connectivity index (χ4v) is 2.74. The molecule has 0 fully saturated rings. The highest BCUT2D eigenvalue weighted by Gasteiger charge is 2.30. The number of aromatic nitrogens is 2. The molecule has 0 unspecified atom stereocenters. The molecule has 102 valence electrons. The molecule has 0 spiro atoms. The fraction of sp³-hybridized carbons (Fsp3) is 0.0714. The van der Waals surface area contributed by atoms with E-state index < -0.39 is 11.7 Å². The zero-order chi connectivity index (χ0) is 14.2. The molecule has 20 heavy (non-hydrogen) atoms. The zero-order valence-electron chi connectivity index (χ0n) is 10.1. The summed E-state index contributed by atoms with van der Waals surface area (Å²) in [7, 11) is 0. The molecule has 2 nitrogen and oxygen atoms in total. The summed E-state index contributed by atoms with van der Waals surface area (Å²) >= 11 is 1.29. The van der Waals surface area contributed by atoms with Crippen molar-refractivity contribution < 1.29 is 13.2 Å². The summed E-state index contributed by atoms with van der Waals surface area (Å²) < 4.78 is 39.8. The van der Waals surface area contributed by atoms with E-state index in [1.807, 2.05) is 22.7 Å². The maximum absolute atomic E-state index is 12.7. The SMILES string of the molecule is FC(F)(F)c1cccc(Sc2ccc3nccn3c2)c1. The molecule has 3 rings (SSSR count). The van der Waals surface area contributed by atoms with Crippen LogP contribution in [0.5, 0.6) is 0 Å². The van der Waals surface area contributed by atoms with Crippen molar-refractivity contribution >= 4 is 17.4 Å². The molecule has 0 aliphatic heterocycles. The molecule has 2 aromatic heterocycles. The van der Waals surface area contributed by atoms with E-state index in [4.69, 9.17) is 0 Å². The van der Waals surface area contributed by atoms with Gasteiger partial charge in [0.1, 0.15) is 5.65 Å². The monoisotopic (exact) mass is 294 g/mol. The highest BCUT2D eigenvalue weighted by Crippen LogP contribution is 2.34. The Bertz CT molecular complexity index is 749. The predicted octanol–water partition coefficient (Wildman–Crippen LogP) is 4.50. The first kappa shape index (κ1) is 13.1. The van der Waals surface area contributed by atoms with Gasteiger partial charge in [0.2, 0.25) is 0 Å². The second kappa shape index (κ2) is 4.86. The standard InChI is InChI=1S/C14H9F3N2S/c15-14(16,17)10-2-1-3-11(8-10)20-12-4-5-13-18-6-7-19(13)9-12/h1-9H. The third-order valence-electron chi connectivity index (χ3n) is 2.76. The highest BCUT2D eigenvalue weighted by atomic mass is 32.2. The Labute approximate surface area is 117 Å². The molecule has 0 N–H and O–H groups in total. The molecular weight excluding hydrogens is 285 g/mol. The maximum Gasteiger partial charge on any atom is 0.416 e. The minimum Gasteiger partial charge on any atom is -0.306 e. The van der Waals surface area contributed by atoms with Crippen molar-refractivity contribution in [1.82, 2.24) is 9.38 Å². The summed E-state index contributed by atoms with van der Waals surface area (Å²) in [5.41, 5.74) is 0.171. The maximum atomic E-state index is 12.7. The lowest BCUT2D eigenvalue weighted by molar-refractivity contribution is -0.137. The Hall–Kier alpha value is -1.95. The third kappa shape index (κ3) is 2.65. The Morgan fingerprint density at radius 3 is 2.70 bits per heavy atom. The lowest BCUT2D eigenvalue weighted by Crippen LogP contribution is -2.04. The first-order valence-corrected chi connectivity index (χ1v) is 6.62. The fourth-order valence-electron chi connectivity index (χ4n) is 1.83. The minimum absolute atomic E-state index is 0.555. The second-order valence-corrected chi connectivity index (χ2v) is 5.33. The topological polar surface area (TPSA) is 17.3 Å². The van der Waals surface area contributed by atoms with Crippen LogP contribution in [0.2, 0.25) is 0 Å². The van der Waals surface area contributed by atoms with Gasteiger partial charge in [0.25, 0.3) is 0 Å². The normalized spacial score (nSPS) is 11.9. The van der Waals surface area contributed by atoms with Crippen LogP contribution >= 0.6 is 11.8 Å². The number of benzene rings is 1. The van der Waals surface area contributed by atoms with E-state index in [1.54, 1.807) is 18.5 Å². The van der Waals surface area contributed by atoms with Gasteiger partial charge in [0.15, 0.2) is 0 Å². The smallest absolute Gasteiger partial charge is 0.306 e. The average molecular weight is 294 g/mol. The van der Waals surface area contributed by atoms with Gasteiger partial charge >= 0.3 is 6.18 Å². The van der Waals surface area contributed by atoms with Gasteiger partial charge < -0.3 is 4.40 Å². The lowest BCUT2D eigenvalue weighted by Gasteiger charge is -2.08. The lowest BCUT2D eigenvalue weighted by atomic mass is 10.2. The predicted molar refractivity (Wildman–Crippen MR) is 70.8 cm³/mol. The molecule has 0 bridgehead atoms. The molecule has 0 saturated heterocycles. The van der Waals surface area contributed by atoms with Crippen molar-refractivity contribution in [2.45, 2.75) is 16.0 Å². The molecular formula is C14H9F3N2S. The van der Waals surface area contributed by atoms with E-state index in [0.717, 1.165) is 22.7 Å². The van der Waals surface area contributed by atoms with Crippen LogP contribution < -0.4 is 0 Å². The van der Waals surface area contributed by atoms with Crippen LogP contribution in [-0.2, 0) is 6.18 Å². The van der Waals surface area contributed by atoms with Crippen molar-refractivity contribution in [2.24, 2.45) is 0 Å². The number of rotatable bonds is 2. The van der Waals surface area contributed by atoms with Gasteiger partial charge in [0.05, 0.1) is 5.56 Å². The first-order valence-electron chi connectivity index (χ1n) is 5.80. The van der Waals surface area contributed by atoms with Gasteiger partial charge in [0, 0.05) is 28.4 Å². The van der Waals surface area contributed by atoms with Crippen molar-refractivity contribution in [3.05, 3.63) is 60.6 Å². The van der Waals surface area contributed by atoms with Gasteiger partial charge in [-0.1, -0.05) is 17.8 Å². The molecule has 0 radical (unpaired) electrons. The first-order chi connectivity index (χ1) is 9.52. The van der Waals surface area contributed by atoms with Crippen LogP contribution in [0.1, 0.15) is 5.56 Å². The average Bonchev–Trinajstić information content (AvgIpc) is 2.85. The number of hydrogen-bond donors (Lipinski definition) is 0. The summed E-state index contributed by atoms with van der Waals surface area (Å²) in [6, 6.07) is 8.98. The van der Waals surface area contributed by atoms with Crippen molar-refractivity contribution in [3.63, 3.8) is 0 Å². The van der Waals surface area contributed by atoms with E-state index in [0.29, 0.717) is 4.90 Å². The summed E-state index contributed by atoms with van der Waals surface area (Å²) in [6.45, 7) is 0. The molecule has 3 aromatic rings. The van der Waals surface area contributed by atoms with Crippen LogP contribution in [0.4, 0.5) is 13.2 Å². The largest absolute Gasteiger partial charge is 0.416 e. The highest BCUT2D eigenvalue weighted by molar-refractivity contribution is 7.99. The molecule has 6 heteroatoms. The molecule has 0 aliphatic carbocycles. The molecule has 0 amide bonds. The number of halogens is 3. The number of alkyl halides is 3. The molecule has 0 saturated carbocycles. The van der Waals surface area contributed by atoms with Gasteiger partial charge in [-0.2, -0.15) is 13.2 Å². The van der Waals surface area contributed by atoms with Crippen molar-refractivity contribution in [2.75, 3.05) is 0 Å². The van der Waals surface area contributed by atoms with E-state index in [9.17, 15) is 13.2 Å². The quantitative estimate of drug-likeness (QED) is 0.692. The van der Waals surface area contributed by atoms with Crippen LogP contribution in [0.25, 0.3) is 5.65 Å². The van der Waals surface area contributed by atoms with E-state index in [1.165, 1.54) is 17.8 Å². The van der Waals surface area contributed by atoms with Crippen molar-refractivity contribution in [3.8, 4) is 0 Å². The van der Waals surface area contributed by atoms with Gasteiger partial charge in [-0.05, 0) is 30.3 Å². The molecule has 0 atom stereocenters. The van der Waals surface area contributed by atoms with Crippen molar-refractivity contribution in [1.29, 1.82) is 0 Å². The minimum atomic E-state index is -4.31. The zero-order valence-corrected chi connectivity index (χ0v) is 10.9. The van der Waals surface area contributed by atoms with Gasteiger partial charge in [-0.15, -0.1) is 0 Å². The van der Waals surface area contributed by atoms with Gasteiger partial charge in [-0.3, -0.25) is 0 Å². The molecule has 0 aliphatic rings. The number of pyridine rings is 1. The van der Waals surface area contributed by atoms with Gasteiger partial charge in [-0.25, -0.2) is 4.98 Å². The number of hydrogen-bond acceptors (Lipinski definition) is 2. The van der Waals surface area contributed by atoms with Crippen LogP contribution in [-0.4, -0.2) is 9.38 Å². The van der Waals surface area contributed by atoms with Crippen LogP contribution in [0, 0.1) is 0 Å². The Kier molecular flexibility index (Phi) is 3.17. The summed E-state index contributed by atoms with van der Waals surface area (Å²) in [4.78, 5) is 5.53. The van der Waals surface area contributed by atoms with Crippen LogP contribution in [0.15, 0.2) is 64.8 Å². The van der Waals surface area contributed by atoms with E-state index >= 15 is 0 Å². The van der Waals surface area contributed by atoms with E-state index in [-0.39, 0.29) is 0 Å². The summed E-state index contributed by atoms with van der Waals surface area (Å²) in [5, 5.41) is 0. The Balaban J connectivity index is 1.90. The van der Waals surface area contributed by atoms with Crippen LogP contribution in [0.3, 0.4) is 0 Å². The number of imidazole rings is 1. The summed E-state index contributed by atoms with van der Waals surface area (Å²) in [6.07, 6.45) is 0.998.